The molecule has 0 fully saturated rings. The Balaban J connectivity index is 1.60. The van der Waals surface area contributed by atoms with E-state index >= 15 is 0 Å². The molecule has 4 aromatic rings. The zero-order valence-corrected chi connectivity index (χ0v) is 18.3. The Morgan fingerprint density at radius 2 is 1.90 bits per heavy atom. The maximum atomic E-state index is 13.2. The second kappa shape index (κ2) is 8.85. The zero-order chi connectivity index (χ0) is 21.1. The lowest BCUT2D eigenvalue weighted by molar-refractivity contribution is -0.118. The molecule has 1 amide bonds. The third-order valence-electron chi connectivity index (χ3n) is 4.86. The predicted octanol–water partition coefficient (Wildman–Crippen LogP) is 4.47. The Bertz CT molecular complexity index is 1260. The van der Waals surface area contributed by atoms with Crippen molar-refractivity contribution >= 4 is 39.2 Å². The molecule has 0 atom stereocenters. The number of nitrogens with zero attached hydrogens (tertiary/aromatic N) is 2. The molecule has 4 rings (SSSR count). The molecule has 30 heavy (non-hydrogen) atoms. The van der Waals surface area contributed by atoms with Gasteiger partial charge < -0.3 is 5.32 Å². The number of aromatic nitrogens is 2. The number of amides is 1. The van der Waals surface area contributed by atoms with Crippen molar-refractivity contribution in [2.75, 3.05) is 5.75 Å². The Morgan fingerprint density at radius 1 is 1.10 bits per heavy atom. The Morgan fingerprint density at radius 3 is 2.67 bits per heavy atom. The number of benzene rings is 2. The van der Waals surface area contributed by atoms with E-state index < -0.39 is 0 Å². The fourth-order valence-electron chi connectivity index (χ4n) is 3.06. The third-order valence-corrected chi connectivity index (χ3v) is 6.69. The number of aryl methyl sites for hydroxylation is 2. The fourth-order valence-corrected chi connectivity index (χ4v) is 4.66. The number of fused-ring (bicyclic) bond motifs is 1. The standard InChI is InChI=1S/C23H21N3O2S2/c1-15-8-9-18(12-16(15)2)26-22(28)21-19(10-11-29-21)25-23(26)30-14-20(27)24-13-17-6-4-3-5-7-17/h3-12H,13-14H2,1-2H3,(H,24,27). The van der Waals surface area contributed by atoms with Crippen LogP contribution in [0, 0.1) is 13.8 Å². The highest BCUT2D eigenvalue weighted by molar-refractivity contribution is 7.99. The molecule has 2 heterocycles. The number of rotatable bonds is 6. The lowest BCUT2D eigenvalue weighted by Crippen LogP contribution is -2.26. The summed E-state index contributed by atoms with van der Waals surface area (Å²) in [4.78, 5) is 30.2. The monoisotopic (exact) mass is 435 g/mol. The van der Waals surface area contributed by atoms with Crippen molar-refractivity contribution in [1.82, 2.24) is 14.9 Å². The van der Waals surface area contributed by atoms with Crippen LogP contribution in [0.3, 0.4) is 0 Å². The van der Waals surface area contributed by atoms with E-state index in [-0.39, 0.29) is 17.2 Å². The molecule has 0 radical (unpaired) electrons. The average molecular weight is 436 g/mol. The second-order valence-corrected chi connectivity index (χ2v) is 8.85. The highest BCUT2D eigenvalue weighted by atomic mass is 32.2. The van der Waals surface area contributed by atoms with Crippen LogP contribution in [0.1, 0.15) is 16.7 Å². The van der Waals surface area contributed by atoms with E-state index in [4.69, 9.17) is 0 Å². The molecule has 152 valence electrons. The van der Waals surface area contributed by atoms with Gasteiger partial charge >= 0.3 is 0 Å². The number of hydrogen-bond donors (Lipinski definition) is 1. The van der Waals surface area contributed by atoms with Gasteiger partial charge in [0.25, 0.3) is 5.56 Å². The average Bonchev–Trinajstić information content (AvgIpc) is 3.23. The minimum Gasteiger partial charge on any atom is -0.351 e. The third kappa shape index (κ3) is 4.32. The molecule has 0 saturated carbocycles. The Kier molecular flexibility index (Phi) is 6.01. The van der Waals surface area contributed by atoms with Crippen LogP contribution < -0.4 is 10.9 Å². The van der Waals surface area contributed by atoms with E-state index in [9.17, 15) is 9.59 Å². The summed E-state index contributed by atoms with van der Waals surface area (Å²) in [6, 6.07) is 17.5. The van der Waals surface area contributed by atoms with Crippen molar-refractivity contribution in [3.8, 4) is 5.69 Å². The first-order valence-corrected chi connectivity index (χ1v) is 11.4. The van der Waals surface area contributed by atoms with Gasteiger partial charge in [0.1, 0.15) is 4.70 Å². The van der Waals surface area contributed by atoms with Crippen LogP contribution in [0.5, 0.6) is 0 Å². The molecule has 5 nitrogen and oxygen atoms in total. The summed E-state index contributed by atoms with van der Waals surface area (Å²) in [5.41, 5.74) is 4.62. The molecule has 0 aliphatic heterocycles. The van der Waals surface area contributed by atoms with Crippen LogP contribution in [-0.4, -0.2) is 21.2 Å². The van der Waals surface area contributed by atoms with Crippen molar-refractivity contribution < 1.29 is 4.79 Å². The van der Waals surface area contributed by atoms with E-state index in [1.54, 1.807) is 4.57 Å². The minimum atomic E-state index is -0.106. The molecule has 2 aromatic heterocycles. The normalized spacial score (nSPS) is 11.0. The minimum absolute atomic E-state index is 0.102. The van der Waals surface area contributed by atoms with Gasteiger partial charge in [0.05, 0.1) is 17.0 Å². The van der Waals surface area contributed by atoms with Crippen LogP contribution in [0.2, 0.25) is 0 Å². The number of nitrogens with one attached hydrogen (secondary N) is 1. The van der Waals surface area contributed by atoms with Gasteiger partial charge in [-0.15, -0.1) is 11.3 Å². The molecule has 0 spiro atoms. The summed E-state index contributed by atoms with van der Waals surface area (Å²) in [5.74, 6) is 0.0786. The van der Waals surface area contributed by atoms with Crippen LogP contribution in [0.25, 0.3) is 15.9 Å². The number of thiophene rings is 1. The predicted molar refractivity (Wildman–Crippen MR) is 124 cm³/mol. The van der Waals surface area contributed by atoms with E-state index in [0.29, 0.717) is 21.9 Å². The molecule has 2 aromatic carbocycles. The SMILES string of the molecule is Cc1ccc(-n2c(SCC(=O)NCc3ccccc3)nc3ccsc3c2=O)cc1C. The lowest BCUT2D eigenvalue weighted by Gasteiger charge is -2.13. The van der Waals surface area contributed by atoms with Gasteiger partial charge in [-0.05, 0) is 54.1 Å². The summed E-state index contributed by atoms with van der Waals surface area (Å²) in [7, 11) is 0. The smallest absolute Gasteiger partial charge is 0.276 e. The quantitative estimate of drug-likeness (QED) is 0.358. The first-order valence-electron chi connectivity index (χ1n) is 9.54. The number of carbonyl (C=O) groups excluding carboxylic acids is 1. The highest BCUT2D eigenvalue weighted by Crippen LogP contribution is 2.24. The van der Waals surface area contributed by atoms with Crippen molar-refractivity contribution in [2.45, 2.75) is 25.5 Å². The summed E-state index contributed by atoms with van der Waals surface area (Å²) in [6.45, 7) is 4.53. The Labute approximate surface area is 182 Å². The number of carbonyl (C=O) groups is 1. The van der Waals surface area contributed by atoms with Crippen molar-refractivity contribution in [1.29, 1.82) is 0 Å². The van der Waals surface area contributed by atoms with E-state index in [1.165, 1.54) is 23.1 Å². The largest absolute Gasteiger partial charge is 0.351 e. The summed E-state index contributed by atoms with van der Waals surface area (Å²) < 4.78 is 2.23. The van der Waals surface area contributed by atoms with Crippen molar-refractivity contribution in [3.63, 3.8) is 0 Å². The molecular weight excluding hydrogens is 414 g/mol. The van der Waals surface area contributed by atoms with E-state index in [2.05, 4.69) is 10.3 Å². The topological polar surface area (TPSA) is 64.0 Å². The van der Waals surface area contributed by atoms with Gasteiger partial charge in [-0.25, -0.2) is 4.98 Å². The van der Waals surface area contributed by atoms with Crippen LogP contribution in [0.15, 0.2) is 69.9 Å². The van der Waals surface area contributed by atoms with Gasteiger partial charge in [0.2, 0.25) is 5.91 Å². The summed E-state index contributed by atoms with van der Waals surface area (Å²) in [5, 5.41) is 5.30. The first kappa shape index (κ1) is 20.4. The number of thioether (sulfide) groups is 1. The van der Waals surface area contributed by atoms with Gasteiger partial charge in [0.15, 0.2) is 5.16 Å². The zero-order valence-electron chi connectivity index (χ0n) is 16.7. The molecule has 0 unspecified atom stereocenters. The maximum absolute atomic E-state index is 13.2. The van der Waals surface area contributed by atoms with Crippen LogP contribution >= 0.6 is 23.1 Å². The van der Waals surface area contributed by atoms with Gasteiger partial charge in [-0.3, -0.25) is 14.2 Å². The molecule has 0 aliphatic carbocycles. The summed E-state index contributed by atoms with van der Waals surface area (Å²) in [6.07, 6.45) is 0. The van der Waals surface area contributed by atoms with Gasteiger partial charge in [-0.1, -0.05) is 48.2 Å². The van der Waals surface area contributed by atoms with Crippen molar-refractivity contribution in [2.24, 2.45) is 0 Å². The van der Waals surface area contributed by atoms with Crippen LogP contribution in [-0.2, 0) is 11.3 Å². The fraction of sp³-hybridized carbons (Fsp3) is 0.174. The number of hydrogen-bond acceptors (Lipinski definition) is 5. The summed E-state index contributed by atoms with van der Waals surface area (Å²) >= 11 is 2.66. The van der Waals surface area contributed by atoms with Crippen LogP contribution in [0.4, 0.5) is 0 Å². The molecule has 7 heteroatoms. The highest BCUT2D eigenvalue weighted by Gasteiger charge is 2.16. The first-order chi connectivity index (χ1) is 14.5. The maximum Gasteiger partial charge on any atom is 0.276 e. The Hall–Kier alpha value is -2.90. The molecule has 0 bridgehead atoms. The molecule has 1 N–H and O–H groups in total. The van der Waals surface area contributed by atoms with E-state index in [1.807, 2.05) is 73.8 Å². The molecule has 0 saturated heterocycles. The molecular formula is C23H21N3O2S2. The van der Waals surface area contributed by atoms with Crippen molar-refractivity contribution in [3.05, 3.63) is 87.0 Å². The lowest BCUT2D eigenvalue weighted by atomic mass is 10.1. The van der Waals surface area contributed by atoms with E-state index in [0.717, 1.165) is 22.4 Å². The molecule has 0 aliphatic rings. The second-order valence-electron chi connectivity index (χ2n) is 6.99. The van der Waals surface area contributed by atoms with Gasteiger partial charge in [0, 0.05) is 6.54 Å². The van der Waals surface area contributed by atoms with Gasteiger partial charge in [-0.2, -0.15) is 0 Å².